The van der Waals surface area contributed by atoms with E-state index in [0.717, 1.165) is 11.1 Å². The highest BCUT2D eigenvalue weighted by atomic mass is 28.4. The maximum atomic E-state index is 6.42. The largest absolute Gasteiger partial charge is 0.414 e. The number of terminal acetylenes is 1. The molecule has 3 nitrogen and oxygen atoms in total. The SMILES string of the molecule is C#C[C@@H](OCc1ccccc1)[C@@H](CO[Si](C)(C)C(C)(C)C)OCc1ccccc1. The van der Waals surface area contributed by atoms with Crippen LogP contribution >= 0.6 is 0 Å². The Labute approximate surface area is 177 Å². The number of hydrogen-bond acceptors (Lipinski definition) is 3. The van der Waals surface area contributed by atoms with E-state index in [0.29, 0.717) is 19.8 Å². The van der Waals surface area contributed by atoms with Gasteiger partial charge < -0.3 is 13.9 Å². The average Bonchev–Trinajstić information content (AvgIpc) is 2.70. The fraction of sp³-hybridized carbons (Fsp3) is 0.440. The number of rotatable bonds is 10. The van der Waals surface area contributed by atoms with Crippen LogP contribution in [-0.2, 0) is 27.1 Å². The normalized spacial score (nSPS) is 14.2. The van der Waals surface area contributed by atoms with Crippen molar-refractivity contribution >= 4 is 8.32 Å². The summed E-state index contributed by atoms with van der Waals surface area (Å²) in [7, 11) is -1.93. The molecule has 0 heterocycles. The van der Waals surface area contributed by atoms with E-state index in [9.17, 15) is 0 Å². The Balaban J connectivity index is 2.07. The molecule has 2 atom stereocenters. The molecule has 0 saturated carbocycles. The van der Waals surface area contributed by atoms with Crippen LogP contribution < -0.4 is 0 Å². The third-order valence-electron chi connectivity index (χ3n) is 5.50. The Bertz CT molecular complexity index is 760. The van der Waals surface area contributed by atoms with Gasteiger partial charge in [-0.25, -0.2) is 0 Å². The van der Waals surface area contributed by atoms with Gasteiger partial charge in [0.05, 0.1) is 19.8 Å². The lowest BCUT2D eigenvalue weighted by Crippen LogP contribution is -2.45. The number of ether oxygens (including phenoxy) is 2. The van der Waals surface area contributed by atoms with E-state index in [1.807, 2.05) is 60.7 Å². The van der Waals surface area contributed by atoms with Crippen molar-refractivity contribution in [3.63, 3.8) is 0 Å². The van der Waals surface area contributed by atoms with E-state index in [2.05, 4.69) is 39.8 Å². The minimum absolute atomic E-state index is 0.119. The standard InChI is InChI=1S/C25H34O3Si/c1-7-23(26-18-21-14-10-8-11-15-21)24(20-28-29(5,6)25(2,3)4)27-19-22-16-12-9-13-17-22/h1,8-17,23-24H,18-20H2,2-6H3/t23-,24-/m1/s1. The van der Waals surface area contributed by atoms with Gasteiger partial charge in [-0.2, -0.15) is 0 Å². The van der Waals surface area contributed by atoms with Gasteiger partial charge in [-0.1, -0.05) is 87.4 Å². The molecular weight excluding hydrogens is 376 g/mol. The molecule has 0 spiro atoms. The van der Waals surface area contributed by atoms with Gasteiger partial charge in [0.1, 0.15) is 12.2 Å². The molecule has 2 aromatic carbocycles. The summed E-state index contributed by atoms with van der Waals surface area (Å²) in [5, 5.41) is 0.119. The third-order valence-corrected chi connectivity index (χ3v) is 10.00. The maximum absolute atomic E-state index is 6.42. The summed E-state index contributed by atoms with van der Waals surface area (Å²) < 4.78 is 18.7. The van der Waals surface area contributed by atoms with Gasteiger partial charge in [0.15, 0.2) is 8.32 Å². The molecule has 2 rings (SSSR count). The summed E-state index contributed by atoms with van der Waals surface area (Å²) in [5.41, 5.74) is 2.18. The highest BCUT2D eigenvalue weighted by Crippen LogP contribution is 2.36. The first kappa shape index (κ1) is 23.4. The van der Waals surface area contributed by atoms with Crippen molar-refractivity contribution in [3.8, 4) is 12.3 Å². The van der Waals surface area contributed by atoms with Crippen LogP contribution in [0.5, 0.6) is 0 Å². The highest BCUT2D eigenvalue weighted by molar-refractivity contribution is 6.74. The van der Waals surface area contributed by atoms with Gasteiger partial charge in [0.25, 0.3) is 0 Å². The van der Waals surface area contributed by atoms with E-state index in [-0.39, 0.29) is 11.1 Å². The van der Waals surface area contributed by atoms with Crippen LogP contribution in [0.1, 0.15) is 31.9 Å². The fourth-order valence-electron chi connectivity index (χ4n) is 2.53. The molecule has 4 heteroatoms. The zero-order valence-electron chi connectivity index (χ0n) is 18.4. The van der Waals surface area contributed by atoms with Crippen molar-refractivity contribution < 1.29 is 13.9 Å². The maximum Gasteiger partial charge on any atom is 0.192 e. The molecule has 0 unspecified atom stereocenters. The van der Waals surface area contributed by atoms with E-state index in [1.165, 1.54) is 0 Å². The van der Waals surface area contributed by atoms with Crippen molar-refractivity contribution in [3.05, 3.63) is 71.8 Å². The van der Waals surface area contributed by atoms with Crippen LogP contribution in [0, 0.1) is 12.3 Å². The molecule has 0 aliphatic rings. The summed E-state index contributed by atoms with van der Waals surface area (Å²) in [4.78, 5) is 0. The Morgan fingerprint density at radius 2 is 1.34 bits per heavy atom. The van der Waals surface area contributed by atoms with Crippen LogP contribution in [0.2, 0.25) is 18.1 Å². The predicted molar refractivity (Wildman–Crippen MR) is 122 cm³/mol. The van der Waals surface area contributed by atoms with E-state index < -0.39 is 14.4 Å². The smallest absolute Gasteiger partial charge is 0.192 e. The minimum Gasteiger partial charge on any atom is -0.414 e. The van der Waals surface area contributed by atoms with Crippen LogP contribution in [0.25, 0.3) is 0 Å². The quantitative estimate of drug-likeness (QED) is 0.365. The third kappa shape index (κ3) is 7.45. The summed E-state index contributed by atoms with van der Waals surface area (Å²) in [6, 6.07) is 20.1. The zero-order valence-corrected chi connectivity index (χ0v) is 19.4. The molecule has 156 valence electrons. The molecule has 29 heavy (non-hydrogen) atoms. The fourth-order valence-corrected chi connectivity index (χ4v) is 3.54. The lowest BCUT2D eigenvalue weighted by atomic mass is 10.2. The number of hydrogen-bond donors (Lipinski definition) is 0. The van der Waals surface area contributed by atoms with E-state index in [1.54, 1.807) is 0 Å². The topological polar surface area (TPSA) is 27.7 Å². The molecule has 0 N–H and O–H groups in total. The van der Waals surface area contributed by atoms with Crippen LogP contribution in [0.4, 0.5) is 0 Å². The molecule has 0 aliphatic heterocycles. The first-order chi connectivity index (χ1) is 13.7. The second-order valence-electron chi connectivity index (χ2n) is 8.79. The van der Waals surface area contributed by atoms with Gasteiger partial charge in [0, 0.05) is 0 Å². The monoisotopic (exact) mass is 410 g/mol. The number of benzene rings is 2. The second-order valence-corrected chi connectivity index (χ2v) is 13.6. The van der Waals surface area contributed by atoms with Gasteiger partial charge in [-0.3, -0.25) is 0 Å². The summed E-state index contributed by atoms with van der Waals surface area (Å²) >= 11 is 0. The average molecular weight is 411 g/mol. The molecular formula is C25H34O3Si. The van der Waals surface area contributed by atoms with Crippen molar-refractivity contribution in [2.75, 3.05) is 6.61 Å². The molecule has 0 radical (unpaired) electrons. The second kappa shape index (κ2) is 10.8. The van der Waals surface area contributed by atoms with E-state index in [4.69, 9.17) is 20.3 Å². The minimum atomic E-state index is -1.93. The van der Waals surface area contributed by atoms with Gasteiger partial charge in [-0.05, 0) is 29.3 Å². The van der Waals surface area contributed by atoms with Gasteiger partial charge in [0.2, 0.25) is 0 Å². The van der Waals surface area contributed by atoms with Gasteiger partial charge >= 0.3 is 0 Å². The predicted octanol–water partition coefficient (Wildman–Crippen LogP) is 5.81. The molecule has 0 aromatic heterocycles. The lowest BCUT2D eigenvalue weighted by molar-refractivity contribution is -0.0787. The van der Waals surface area contributed by atoms with Crippen molar-refractivity contribution in [1.82, 2.24) is 0 Å². The summed E-state index contributed by atoms with van der Waals surface area (Å²) in [6.45, 7) is 12.5. The summed E-state index contributed by atoms with van der Waals surface area (Å²) in [5.74, 6) is 2.77. The van der Waals surface area contributed by atoms with Gasteiger partial charge in [-0.15, -0.1) is 6.42 Å². The van der Waals surface area contributed by atoms with Crippen molar-refractivity contribution in [1.29, 1.82) is 0 Å². The van der Waals surface area contributed by atoms with Crippen LogP contribution in [-0.4, -0.2) is 27.1 Å². The first-order valence-electron chi connectivity index (χ1n) is 10.1. The highest BCUT2D eigenvalue weighted by Gasteiger charge is 2.38. The molecule has 0 amide bonds. The molecule has 0 bridgehead atoms. The molecule has 0 aliphatic carbocycles. The Morgan fingerprint density at radius 3 is 1.79 bits per heavy atom. The molecule has 2 aromatic rings. The Kier molecular flexibility index (Phi) is 8.67. The lowest BCUT2D eigenvalue weighted by Gasteiger charge is -2.37. The van der Waals surface area contributed by atoms with Crippen LogP contribution in [0.15, 0.2) is 60.7 Å². The van der Waals surface area contributed by atoms with Crippen LogP contribution in [0.3, 0.4) is 0 Å². The Morgan fingerprint density at radius 1 is 0.862 bits per heavy atom. The first-order valence-corrected chi connectivity index (χ1v) is 13.0. The van der Waals surface area contributed by atoms with Crippen molar-refractivity contribution in [2.24, 2.45) is 0 Å². The van der Waals surface area contributed by atoms with E-state index >= 15 is 0 Å². The zero-order chi connectivity index (χ0) is 21.3. The van der Waals surface area contributed by atoms with Crippen molar-refractivity contribution in [2.45, 2.75) is 64.3 Å². The molecule has 0 fully saturated rings. The molecule has 0 saturated heterocycles. The Hall–Kier alpha value is -1.90. The summed E-state index contributed by atoms with van der Waals surface area (Å²) in [6.07, 6.45) is 5.01.